The molecule has 3 N–H and O–H groups in total. The first-order valence-corrected chi connectivity index (χ1v) is 5.30. The van der Waals surface area contributed by atoms with Gasteiger partial charge in [0.15, 0.2) is 0 Å². The molecule has 0 aliphatic rings. The van der Waals surface area contributed by atoms with Gasteiger partial charge in [-0.1, -0.05) is 36.4 Å². The molecule has 1 aromatic heterocycles. The number of rotatable bonds is 4. The van der Waals surface area contributed by atoms with Gasteiger partial charge < -0.3 is 5.73 Å². The average Bonchev–Trinajstić information content (AvgIpc) is 2.38. The number of nitrogens with one attached hydrogen (secondary N) is 1. The van der Waals surface area contributed by atoms with Gasteiger partial charge in [-0.3, -0.25) is 10.3 Å². The summed E-state index contributed by atoms with van der Waals surface area (Å²) >= 11 is 0. The van der Waals surface area contributed by atoms with Crippen molar-refractivity contribution in [3.05, 3.63) is 66.0 Å². The minimum atomic E-state index is -0.150. The van der Waals surface area contributed by atoms with Gasteiger partial charge >= 0.3 is 0 Å². The minimum absolute atomic E-state index is 0.150. The highest BCUT2D eigenvalue weighted by Gasteiger charge is 2.03. The first kappa shape index (κ1) is 10.8. The SMILES string of the molecule is NC(NCc1ccccn1)c1ccccc1. The van der Waals surface area contributed by atoms with E-state index in [2.05, 4.69) is 10.3 Å². The van der Waals surface area contributed by atoms with E-state index in [4.69, 9.17) is 5.73 Å². The zero-order chi connectivity index (χ0) is 11.2. The van der Waals surface area contributed by atoms with E-state index < -0.39 is 0 Å². The Kier molecular flexibility index (Phi) is 3.64. The molecular weight excluding hydrogens is 198 g/mol. The summed E-state index contributed by atoms with van der Waals surface area (Å²) in [5.74, 6) is 0. The molecule has 0 saturated carbocycles. The lowest BCUT2D eigenvalue weighted by Crippen LogP contribution is -2.28. The maximum absolute atomic E-state index is 6.00. The molecule has 3 heteroatoms. The molecule has 1 aromatic carbocycles. The molecule has 0 fully saturated rings. The standard InChI is InChI=1S/C13H15N3/c14-13(11-6-2-1-3-7-11)16-10-12-8-4-5-9-15-12/h1-9,13,16H,10,14H2. The summed E-state index contributed by atoms with van der Waals surface area (Å²) in [5, 5.41) is 3.23. The number of hydrogen-bond acceptors (Lipinski definition) is 3. The fourth-order valence-corrected chi connectivity index (χ4v) is 1.50. The summed E-state index contributed by atoms with van der Waals surface area (Å²) in [5.41, 5.74) is 8.08. The van der Waals surface area contributed by atoms with E-state index in [1.54, 1.807) is 6.20 Å². The molecule has 2 aromatic rings. The smallest absolute Gasteiger partial charge is 0.0813 e. The van der Waals surface area contributed by atoms with Gasteiger partial charge in [0.2, 0.25) is 0 Å². The fourth-order valence-electron chi connectivity index (χ4n) is 1.50. The van der Waals surface area contributed by atoms with Gasteiger partial charge in [0.25, 0.3) is 0 Å². The van der Waals surface area contributed by atoms with Gasteiger partial charge in [0.05, 0.1) is 11.9 Å². The predicted octanol–water partition coefficient (Wildman–Crippen LogP) is 1.83. The van der Waals surface area contributed by atoms with Crippen LogP contribution in [0.3, 0.4) is 0 Å². The van der Waals surface area contributed by atoms with Gasteiger partial charge in [-0.05, 0) is 17.7 Å². The van der Waals surface area contributed by atoms with Crippen molar-refractivity contribution in [3.63, 3.8) is 0 Å². The summed E-state index contributed by atoms with van der Waals surface area (Å²) in [6.07, 6.45) is 1.63. The van der Waals surface area contributed by atoms with E-state index in [0.717, 1.165) is 11.3 Å². The van der Waals surface area contributed by atoms with Crippen molar-refractivity contribution >= 4 is 0 Å². The van der Waals surface area contributed by atoms with E-state index in [1.807, 2.05) is 48.5 Å². The van der Waals surface area contributed by atoms with Crippen molar-refractivity contribution in [2.45, 2.75) is 12.7 Å². The highest BCUT2D eigenvalue weighted by Crippen LogP contribution is 2.06. The van der Waals surface area contributed by atoms with Crippen molar-refractivity contribution in [2.75, 3.05) is 0 Å². The number of hydrogen-bond donors (Lipinski definition) is 2. The molecule has 82 valence electrons. The average molecular weight is 213 g/mol. The van der Waals surface area contributed by atoms with Crippen LogP contribution in [0.2, 0.25) is 0 Å². The van der Waals surface area contributed by atoms with Gasteiger partial charge in [0, 0.05) is 12.7 Å². The first-order valence-electron chi connectivity index (χ1n) is 5.30. The Morgan fingerprint density at radius 3 is 2.50 bits per heavy atom. The molecule has 0 aliphatic carbocycles. The second-order valence-electron chi connectivity index (χ2n) is 3.59. The summed E-state index contributed by atoms with van der Waals surface area (Å²) in [4.78, 5) is 4.23. The molecule has 0 bridgehead atoms. The summed E-state index contributed by atoms with van der Waals surface area (Å²) in [6, 6.07) is 15.8. The lowest BCUT2D eigenvalue weighted by Gasteiger charge is -2.13. The maximum atomic E-state index is 6.00. The van der Waals surface area contributed by atoms with Crippen LogP contribution in [0.1, 0.15) is 17.4 Å². The molecule has 0 spiro atoms. The van der Waals surface area contributed by atoms with Crippen LogP contribution in [0.25, 0.3) is 0 Å². The van der Waals surface area contributed by atoms with Crippen LogP contribution in [0.4, 0.5) is 0 Å². The number of benzene rings is 1. The van der Waals surface area contributed by atoms with Gasteiger partial charge in [-0.25, -0.2) is 0 Å². The Morgan fingerprint density at radius 1 is 1.06 bits per heavy atom. The Morgan fingerprint density at radius 2 is 1.81 bits per heavy atom. The van der Waals surface area contributed by atoms with Gasteiger partial charge in [0.1, 0.15) is 0 Å². The van der Waals surface area contributed by atoms with Crippen LogP contribution in [0, 0.1) is 0 Å². The van der Waals surface area contributed by atoms with E-state index in [1.165, 1.54) is 0 Å². The Bertz CT molecular complexity index is 414. The third-order valence-corrected chi connectivity index (χ3v) is 2.39. The van der Waals surface area contributed by atoms with Crippen LogP contribution in [0.5, 0.6) is 0 Å². The highest BCUT2D eigenvalue weighted by atomic mass is 15.0. The zero-order valence-electron chi connectivity index (χ0n) is 9.01. The molecule has 0 radical (unpaired) electrons. The highest BCUT2D eigenvalue weighted by molar-refractivity contribution is 5.18. The third kappa shape index (κ3) is 2.89. The van der Waals surface area contributed by atoms with Gasteiger partial charge in [-0.2, -0.15) is 0 Å². The quantitative estimate of drug-likeness (QED) is 0.762. The lowest BCUT2D eigenvalue weighted by atomic mass is 10.2. The zero-order valence-corrected chi connectivity index (χ0v) is 9.01. The van der Waals surface area contributed by atoms with E-state index in [-0.39, 0.29) is 6.17 Å². The minimum Gasteiger partial charge on any atom is -0.312 e. The van der Waals surface area contributed by atoms with Crippen LogP contribution in [-0.4, -0.2) is 4.98 Å². The number of pyridine rings is 1. The molecule has 0 aliphatic heterocycles. The molecule has 1 unspecified atom stereocenters. The Labute approximate surface area is 95.3 Å². The van der Waals surface area contributed by atoms with Crippen molar-refractivity contribution in [3.8, 4) is 0 Å². The largest absolute Gasteiger partial charge is 0.312 e. The first-order chi connectivity index (χ1) is 7.86. The van der Waals surface area contributed by atoms with Crippen LogP contribution < -0.4 is 11.1 Å². The molecule has 0 saturated heterocycles. The van der Waals surface area contributed by atoms with Crippen LogP contribution in [0.15, 0.2) is 54.7 Å². The Hall–Kier alpha value is -1.71. The van der Waals surface area contributed by atoms with Gasteiger partial charge in [-0.15, -0.1) is 0 Å². The molecular formula is C13H15N3. The summed E-state index contributed by atoms with van der Waals surface area (Å²) in [6.45, 7) is 0.677. The molecule has 0 amide bonds. The second-order valence-corrected chi connectivity index (χ2v) is 3.59. The van der Waals surface area contributed by atoms with Crippen LogP contribution >= 0.6 is 0 Å². The van der Waals surface area contributed by atoms with Crippen molar-refractivity contribution in [1.82, 2.24) is 10.3 Å². The Balaban J connectivity index is 1.92. The monoisotopic (exact) mass is 213 g/mol. The molecule has 2 rings (SSSR count). The number of aromatic nitrogens is 1. The van der Waals surface area contributed by atoms with Crippen molar-refractivity contribution in [1.29, 1.82) is 0 Å². The lowest BCUT2D eigenvalue weighted by molar-refractivity contribution is 0.546. The van der Waals surface area contributed by atoms with E-state index in [9.17, 15) is 0 Å². The van der Waals surface area contributed by atoms with Crippen molar-refractivity contribution < 1.29 is 0 Å². The van der Waals surface area contributed by atoms with Crippen molar-refractivity contribution in [2.24, 2.45) is 5.73 Å². The topological polar surface area (TPSA) is 50.9 Å². The number of nitrogens with two attached hydrogens (primary N) is 1. The van der Waals surface area contributed by atoms with Crippen LogP contribution in [-0.2, 0) is 6.54 Å². The summed E-state index contributed by atoms with van der Waals surface area (Å²) < 4.78 is 0. The molecule has 16 heavy (non-hydrogen) atoms. The fraction of sp³-hybridized carbons (Fsp3) is 0.154. The number of nitrogens with zero attached hydrogens (tertiary/aromatic N) is 1. The molecule has 1 atom stereocenters. The summed E-state index contributed by atoms with van der Waals surface area (Å²) in [7, 11) is 0. The molecule has 3 nitrogen and oxygen atoms in total. The maximum Gasteiger partial charge on any atom is 0.0813 e. The van der Waals surface area contributed by atoms with E-state index >= 15 is 0 Å². The third-order valence-electron chi connectivity index (χ3n) is 2.39. The normalized spacial score (nSPS) is 12.3. The predicted molar refractivity (Wildman–Crippen MR) is 64.4 cm³/mol. The second kappa shape index (κ2) is 5.39. The van der Waals surface area contributed by atoms with E-state index in [0.29, 0.717) is 6.54 Å². The molecule has 1 heterocycles.